The van der Waals surface area contributed by atoms with Gasteiger partial charge in [0.25, 0.3) is 5.91 Å². The van der Waals surface area contributed by atoms with Crippen molar-refractivity contribution in [1.82, 2.24) is 15.5 Å². The molecule has 0 aromatic heterocycles. The van der Waals surface area contributed by atoms with E-state index in [1.807, 2.05) is 13.8 Å². The van der Waals surface area contributed by atoms with Gasteiger partial charge in [0.15, 0.2) is 0 Å². The van der Waals surface area contributed by atoms with Crippen LogP contribution in [-0.4, -0.2) is 41.4 Å². The Balaban J connectivity index is 1.87. The van der Waals surface area contributed by atoms with Crippen LogP contribution in [0.5, 0.6) is 0 Å². The van der Waals surface area contributed by atoms with E-state index in [9.17, 15) is 14.4 Å². The fourth-order valence-electron chi connectivity index (χ4n) is 2.36. The summed E-state index contributed by atoms with van der Waals surface area (Å²) < 4.78 is 0. The summed E-state index contributed by atoms with van der Waals surface area (Å²) in [6, 6.07) is 5.46. The predicted molar refractivity (Wildman–Crippen MR) is 82.1 cm³/mol. The van der Waals surface area contributed by atoms with Crippen LogP contribution in [0, 0.1) is 0 Å². The molecule has 1 aromatic carbocycles. The molecule has 0 aliphatic carbocycles. The van der Waals surface area contributed by atoms with Gasteiger partial charge in [0.1, 0.15) is 0 Å². The number of carbonyl (C=O) groups excluding carboxylic acids is 3. The summed E-state index contributed by atoms with van der Waals surface area (Å²) in [4.78, 5) is 37.2. The fourth-order valence-corrected chi connectivity index (χ4v) is 2.36. The van der Waals surface area contributed by atoms with E-state index >= 15 is 0 Å². The average molecular weight is 304 g/mol. The molecule has 1 aromatic rings. The van der Waals surface area contributed by atoms with E-state index < -0.39 is 11.9 Å². The first-order valence-electron chi connectivity index (χ1n) is 7.13. The number of benzene rings is 1. The molecule has 2 rings (SSSR count). The minimum Gasteiger partial charge on any atom is -0.399 e. The van der Waals surface area contributed by atoms with Crippen molar-refractivity contribution in [2.45, 2.75) is 32.4 Å². The van der Waals surface area contributed by atoms with Crippen LogP contribution in [0.3, 0.4) is 0 Å². The van der Waals surface area contributed by atoms with Gasteiger partial charge in [0.05, 0.1) is 6.04 Å². The highest BCUT2D eigenvalue weighted by molar-refractivity contribution is 6.04. The number of carbonyl (C=O) groups is 3. The second-order valence-corrected chi connectivity index (χ2v) is 5.59. The monoisotopic (exact) mass is 304 g/mol. The number of nitrogen functional groups attached to an aromatic ring is 1. The molecular formula is C15H20N4O3. The van der Waals surface area contributed by atoms with E-state index in [4.69, 9.17) is 5.73 Å². The topological polar surface area (TPSA) is 105 Å². The number of likely N-dealkylation sites (tertiary alicyclic amines) is 1. The van der Waals surface area contributed by atoms with E-state index in [0.29, 0.717) is 17.8 Å². The molecule has 1 fully saturated rings. The lowest BCUT2D eigenvalue weighted by Gasteiger charge is -2.21. The summed E-state index contributed by atoms with van der Waals surface area (Å²) in [7, 11) is 0. The minimum atomic E-state index is -0.606. The number of urea groups is 1. The van der Waals surface area contributed by atoms with Crippen molar-refractivity contribution in [1.29, 1.82) is 0 Å². The summed E-state index contributed by atoms with van der Waals surface area (Å²) in [5.41, 5.74) is 6.42. The number of amides is 4. The number of hydrogen-bond donors (Lipinski definition) is 3. The lowest BCUT2D eigenvalue weighted by atomic mass is 10.2. The molecule has 1 unspecified atom stereocenters. The molecule has 118 valence electrons. The molecule has 7 nitrogen and oxygen atoms in total. The maximum absolute atomic E-state index is 11.9. The van der Waals surface area contributed by atoms with Crippen LogP contribution < -0.4 is 16.4 Å². The van der Waals surface area contributed by atoms with Gasteiger partial charge in [-0.05, 0) is 38.1 Å². The van der Waals surface area contributed by atoms with Crippen molar-refractivity contribution >= 4 is 23.5 Å². The Morgan fingerprint density at radius 3 is 2.45 bits per heavy atom. The number of nitrogens with two attached hydrogens (primary N) is 1. The first kappa shape index (κ1) is 15.8. The predicted octanol–water partition coefficient (Wildman–Crippen LogP) is 0.718. The number of nitrogens with zero attached hydrogens (tertiary/aromatic N) is 1. The maximum Gasteiger partial charge on any atom is 0.322 e. The van der Waals surface area contributed by atoms with E-state index in [2.05, 4.69) is 10.6 Å². The number of imide groups is 1. The molecular weight excluding hydrogens is 284 g/mol. The van der Waals surface area contributed by atoms with Gasteiger partial charge in [-0.1, -0.05) is 0 Å². The minimum absolute atomic E-state index is 0.00478. The first-order valence-corrected chi connectivity index (χ1v) is 7.13. The Hall–Kier alpha value is -2.57. The number of hydrogen-bond acceptors (Lipinski definition) is 4. The van der Waals surface area contributed by atoms with E-state index in [0.717, 1.165) is 0 Å². The van der Waals surface area contributed by atoms with Crippen molar-refractivity contribution in [2.75, 3.05) is 12.3 Å². The van der Waals surface area contributed by atoms with E-state index in [1.165, 1.54) is 12.1 Å². The van der Waals surface area contributed by atoms with Gasteiger partial charge in [-0.15, -0.1) is 0 Å². The average Bonchev–Trinajstić information content (AvgIpc) is 2.80. The summed E-state index contributed by atoms with van der Waals surface area (Å²) >= 11 is 0. The number of anilines is 1. The van der Waals surface area contributed by atoms with Gasteiger partial charge < -0.3 is 16.0 Å². The zero-order chi connectivity index (χ0) is 16.3. The highest BCUT2D eigenvalue weighted by Crippen LogP contribution is 2.14. The van der Waals surface area contributed by atoms with E-state index in [1.54, 1.807) is 17.0 Å². The fraction of sp³-hybridized carbons (Fsp3) is 0.400. The van der Waals surface area contributed by atoms with Crippen LogP contribution in [0.4, 0.5) is 10.5 Å². The third kappa shape index (κ3) is 3.75. The highest BCUT2D eigenvalue weighted by Gasteiger charge is 2.32. The van der Waals surface area contributed by atoms with Crippen LogP contribution in [0.2, 0.25) is 0 Å². The van der Waals surface area contributed by atoms with Crippen molar-refractivity contribution < 1.29 is 14.4 Å². The SMILES string of the molecule is CC(C)N1CC(NC(=O)NC(=O)c2ccc(N)cc2)CC1=O. The highest BCUT2D eigenvalue weighted by atomic mass is 16.2. The molecule has 1 heterocycles. The lowest BCUT2D eigenvalue weighted by molar-refractivity contribution is -0.129. The van der Waals surface area contributed by atoms with Crippen LogP contribution >= 0.6 is 0 Å². The second kappa shape index (κ2) is 6.46. The first-order chi connectivity index (χ1) is 10.4. The third-order valence-corrected chi connectivity index (χ3v) is 3.52. The van der Waals surface area contributed by atoms with Gasteiger partial charge in [0.2, 0.25) is 5.91 Å². The Morgan fingerprint density at radius 1 is 1.27 bits per heavy atom. The van der Waals surface area contributed by atoms with Crippen LogP contribution in [0.25, 0.3) is 0 Å². The molecule has 0 bridgehead atoms. The molecule has 1 aliphatic rings. The molecule has 0 spiro atoms. The van der Waals surface area contributed by atoms with Crippen LogP contribution in [0.1, 0.15) is 30.6 Å². The molecule has 4 amide bonds. The van der Waals surface area contributed by atoms with Gasteiger partial charge in [-0.2, -0.15) is 0 Å². The Labute approximate surface area is 128 Å². The maximum atomic E-state index is 11.9. The molecule has 7 heteroatoms. The summed E-state index contributed by atoms with van der Waals surface area (Å²) in [5, 5.41) is 4.89. The molecule has 1 atom stereocenters. The van der Waals surface area contributed by atoms with Crippen LogP contribution in [-0.2, 0) is 4.79 Å². The van der Waals surface area contributed by atoms with Gasteiger partial charge >= 0.3 is 6.03 Å². The van der Waals surface area contributed by atoms with Crippen molar-refractivity contribution in [2.24, 2.45) is 0 Å². The van der Waals surface area contributed by atoms with Crippen molar-refractivity contribution in [3.05, 3.63) is 29.8 Å². The molecule has 22 heavy (non-hydrogen) atoms. The lowest BCUT2D eigenvalue weighted by Crippen LogP contribution is -2.45. The standard InChI is InChI=1S/C15H20N4O3/c1-9(2)19-8-12(7-13(19)20)17-15(22)18-14(21)10-3-5-11(16)6-4-10/h3-6,9,12H,7-8,16H2,1-2H3,(H2,17,18,21,22). The normalized spacial score (nSPS) is 17.7. The van der Waals surface area contributed by atoms with Crippen LogP contribution in [0.15, 0.2) is 24.3 Å². The second-order valence-electron chi connectivity index (χ2n) is 5.59. The number of rotatable bonds is 3. The molecule has 4 N–H and O–H groups in total. The quantitative estimate of drug-likeness (QED) is 0.715. The summed E-state index contributed by atoms with van der Waals surface area (Å²) in [5.74, 6) is -0.507. The Kier molecular flexibility index (Phi) is 4.65. The largest absolute Gasteiger partial charge is 0.399 e. The van der Waals surface area contributed by atoms with Crippen molar-refractivity contribution in [3.63, 3.8) is 0 Å². The Morgan fingerprint density at radius 2 is 1.91 bits per heavy atom. The molecule has 1 saturated heterocycles. The molecule has 1 aliphatic heterocycles. The van der Waals surface area contributed by atoms with Gasteiger partial charge in [0, 0.05) is 30.3 Å². The number of nitrogens with one attached hydrogen (secondary N) is 2. The van der Waals surface area contributed by atoms with Crippen molar-refractivity contribution in [3.8, 4) is 0 Å². The third-order valence-electron chi connectivity index (χ3n) is 3.52. The van der Waals surface area contributed by atoms with Gasteiger partial charge in [-0.25, -0.2) is 4.79 Å². The zero-order valence-electron chi connectivity index (χ0n) is 12.6. The van der Waals surface area contributed by atoms with Gasteiger partial charge in [-0.3, -0.25) is 14.9 Å². The smallest absolute Gasteiger partial charge is 0.322 e. The molecule has 0 saturated carbocycles. The summed E-state index contributed by atoms with van der Waals surface area (Å²) in [6.45, 7) is 4.30. The Bertz CT molecular complexity index is 583. The molecule has 0 radical (unpaired) electrons. The van der Waals surface area contributed by atoms with E-state index in [-0.39, 0.29) is 24.4 Å². The zero-order valence-corrected chi connectivity index (χ0v) is 12.6. The summed E-state index contributed by atoms with van der Waals surface area (Å²) in [6.07, 6.45) is 0.252.